The third kappa shape index (κ3) is 5.76. The average molecular weight is 339 g/mol. The Morgan fingerprint density at radius 1 is 1.08 bits per heavy atom. The molecule has 0 spiro atoms. The van der Waals surface area contributed by atoms with Gasteiger partial charge in [-0.15, -0.1) is 0 Å². The fourth-order valence-electron chi connectivity index (χ4n) is 2.17. The predicted octanol–water partition coefficient (Wildman–Crippen LogP) is 2.88. The molecular weight excluding hydrogens is 318 g/mol. The predicted molar refractivity (Wildman–Crippen MR) is 97.6 cm³/mol. The Morgan fingerprint density at radius 2 is 1.80 bits per heavy atom. The van der Waals surface area contributed by atoms with E-state index in [1.807, 2.05) is 32.0 Å². The second kappa shape index (κ2) is 8.63. The molecule has 2 aromatic rings. The van der Waals surface area contributed by atoms with Crippen LogP contribution in [0.1, 0.15) is 29.5 Å². The molecular formula is C19H21N3O3. The maximum Gasteiger partial charge on any atom is 0.240 e. The molecule has 0 unspecified atom stereocenters. The van der Waals surface area contributed by atoms with E-state index in [1.54, 1.807) is 18.2 Å². The Kier molecular flexibility index (Phi) is 6.28. The van der Waals surface area contributed by atoms with E-state index in [0.29, 0.717) is 5.56 Å². The van der Waals surface area contributed by atoms with E-state index in [4.69, 9.17) is 0 Å². The Hall–Kier alpha value is -3.15. The van der Waals surface area contributed by atoms with Gasteiger partial charge in [0.05, 0.1) is 6.21 Å². The van der Waals surface area contributed by atoms with E-state index in [-0.39, 0.29) is 30.4 Å². The number of amides is 2. The highest BCUT2D eigenvalue weighted by Crippen LogP contribution is 2.18. The summed E-state index contributed by atoms with van der Waals surface area (Å²) in [6.07, 6.45) is 1.53. The van der Waals surface area contributed by atoms with E-state index in [0.717, 1.165) is 16.8 Å². The van der Waals surface area contributed by atoms with E-state index >= 15 is 0 Å². The monoisotopic (exact) mass is 339 g/mol. The van der Waals surface area contributed by atoms with Gasteiger partial charge in [-0.1, -0.05) is 24.3 Å². The number of hydrogen-bond donors (Lipinski definition) is 3. The number of hydrogen-bond acceptors (Lipinski definition) is 4. The molecule has 6 heteroatoms. The van der Waals surface area contributed by atoms with Gasteiger partial charge in [0.2, 0.25) is 11.8 Å². The lowest BCUT2D eigenvalue weighted by molar-refractivity contribution is -0.124. The van der Waals surface area contributed by atoms with Crippen LogP contribution in [0, 0.1) is 13.8 Å². The molecule has 0 atom stereocenters. The number of phenols is 1. The molecule has 2 aromatic carbocycles. The Bertz CT molecular complexity index is 800. The molecule has 3 N–H and O–H groups in total. The van der Waals surface area contributed by atoms with E-state index in [9.17, 15) is 14.7 Å². The third-order valence-corrected chi connectivity index (χ3v) is 3.73. The number of aryl methyl sites for hydroxylation is 1. The van der Waals surface area contributed by atoms with Crippen LogP contribution in [0.15, 0.2) is 47.6 Å². The first-order valence-electron chi connectivity index (χ1n) is 7.92. The minimum atomic E-state index is -0.354. The van der Waals surface area contributed by atoms with Crippen molar-refractivity contribution in [2.24, 2.45) is 5.10 Å². The molecule has 0 radical (unpaired) electrons. The smallest absolute Gasteiger partial charge is 0.240 e. The summed E-state index contributed by atoms with van der Waals surface area (Å²) >= 11 is 0. The summed E-state index contributed by atoms with van der Waals surface area (Å²) < 4.78 is 0. The summed E-state index contributed by atoms with van der Waals surface area (Å²) in [5, 5.41) is 15.9. The molecule has 25 heavy (non-hydrogen) atoms. The lowest BCUT2D eigenvalue weighted by Crippen LogP contribution is -2.21. The van der Waals surface area contributed by atoms with Crippen molar-refractivity contribution in [2.45, 2.75) is 26.7 Å². The van der Waals surface area contributed by atoms with E-state index < -0.39 is 0 Å². The van der Waals surface area contributed by atoms with Crippen molar-refractivity contribution < 1.29 is 14.7 Å². The molecule has 0 saturated carbocycles. The van der Waals surface area contributed by atoms with Gasteiger partial charge in [0.15, 0.2) is 0 Å². The highest BCUT2D eigenvalue weighted by molar-refractivity contribution is 5.94. The molecule has 2 amide bonds. The van der Waals surface area contributed by atoms with Crippen LogP contribution in [0.25, 0.3) is 0 Å². The van der Waals surface area contributed by atoms with Gasteiger partial charge < -0.3 is 10.4 Å². The van der Waals surface area contributed by atoms with Gasteiger partial charge in [0.1, 0.15) is 5.75 Å². The van der Waals surface area contributed by atoms with Crippen LogP contribution in [-0.2, 0) is 9.59 Å². The number of nitrogens with zero attached hydrogens (tertiary/aromatic N) is 1. The van der Waals surface area contributed by atoms with Gasteiger partial charge in [-0.05, 0) is 48.7 Å². The second-order valence-corrected chi connectivity index (χ2v) is 5.68. The highest BCUT2D eigenvalue weighted by Gasteiger charge is 2.08. The van der Waals surface area contributed by atoms with Crippen LogP contribution in [0.2, 0.25) is 0 Å². The van der Waals surface area contributed by atoms with Gasteiger partial charge in [-0.2, -0.15) is 5.10 Å². The van der Waals surface area contributed by atoms with Crippen molar-refractivity contribution in [3.63, 3.8) is 0 Å². The lowest BCUT2D eigenvalue weighted by Gasteiger charge is -2.10. The van der Waals surface area contributed by atoms with Gasteiger partial charge in [-0.25, -0.2) is 5.43 Å². The summed E-state index contributed by atoms with van der Waals surface area (Å²) in [7, 11) is 0. The Morgan fingerprint density at radius 3 is 2.56 bits per heavy atom. The largest absolute Gasteiger partial charge is 0.508 e. The Labute approximate surface area is 146 Å². The topological polar surface area (TPSA) is 90.8 Å². The van der Waals surface area contributed by atoms with Crippen LogP contribution < -0.4 is 10.7 Å². The fraction of sp³-hybridized carbons (Fsp3) is 0.211. The van der Waals surface area contributed by atoms with Crippen molar-refractivity contribution in [2.75, 3.05) is 5.32 Å². The standard InChI is InChI=1S/C19H21N3O3/c1-13-5-3-8-17(14(13)2)21-18(24)9-10-19(25)22-20-12-15-6-4-7-16(23)11-15/h3-8,11-12,23H,9-10H2,1-2H3,(H,21,24)(H,22,25). The highest BCUT2D eigenvalue weighted by atomic mass is 16.3. The zero-order valence-electron chi connectivity index (χ0n) is 14.2. The van der Waals surface area contributed by atoms with Gasteiger partial charge in [0, 0.05) is 18.5 Å². The van der Waals surface area contributed by atoms with Crippen molar-refractivity contribution in [1.29, 1.82) is 0 Å². The average Bonchev–Trinajstić information content (AvgIpc) is 2.57. The number of hydrazone groups is 1. The van der Waals surface area contributed by atoms with Crippen LogP contribution >= 0.6 is 0 Å². The molecule has 0 aromatic heterocycles. The molecule has 0 bridgehead atoms. The summed E-state index contributed by atoms with van der Waals surface area (Å²) in [5.74, 6) is -0.452. The fourth-order valence-corrected chi connectivity index (χ4v) is 2.17. The third-order valence-electron chi connectivity index (χ3n) is 3.73. The number of anilines is 1. The maximum atomic E-state index is 12.0. The minimum absolute atomic E-state index is 0.0358. The number of aromatic hydroxyl groups is 1. The number of rotatable bonds is 6. The molecule has 0 aliphatic heterocycles. The number of phenolic OH excluding ortho intramolecular Hbond substituents is 1. The molecule has 130 valence electrons. The van der Waals surface area contributed by atoms with Gasteiger partial charge >= 0.3 is 0 Å². The summed E-state index contributed by atoms with van der Waals surface area (Å²) in [4.78, 5) is 23.7. The van der Waals surface area contributed by atoms with Crippen molar-refractivity contribution in [3.05, 3.63) is 59.2 Å². The quantitative estimate of drug-likeness (QED) is 0.558. The zero-order chi connectivity index (χ0) is 18.2. The van der Waals surface area contributed by atoms with E-state index in [1.165, 1.54) is 12.3 Å². The van der Waals surface area contributed by atoms with Crippen molar-refractivity contribution >= 4 is 23.7 Å². The molecule has 0 aliphatic carbocycles. The maximum absolute atomic E-state index is 12.0. The summed E-state index contributed by atoms with van der Waals surface area (Å²) in [5.41, 5.74) is 5.88. The number of nitrogens with one attached hydrogen (secondary N) is 2. The molecule has 0 heterocycles. The van der Waals surface area contributed by atoms with Crippen LogP contribution in [0.3, 0.4) is 0 Å². The van der Waals surface area contributed by atoms with Crippen LogP contribution in [0.5, 0.6) is 5.75 Å². The first-order chi connectivity index (χ1) is 12.0. The molecule has 6 nitrogen and oxygen atoms in total. The van der Waals surface area contributed by atoms with Crippen LogP contribution in [-0.4, -0.2) is 23.1 Å². The van der Waals surface area contributed by atoms with Gasteiger partial charge in [-0.3, -0.25) is 9.59 Å². The zero-order valence-corrected chi connectivity index (χ0v) is 14.2. The minimum Gasteiger partial charge on any atom is -0.508 e. The van der Waals surface area contributed by atoms with E-state index in [2.05, 4.69) is 15.8 Å². The first-order valence-corrected chi connectivity index (χ1v) is 7.92. The first kappa shape index (κ1) is 18.2. The van der Waals surface area contributed by atoms with Gasteiger partial charge in [0.25, 0.3) is 0 Å². The number of benzene rings is 2. The summed E-state index contributed by atoms with van der Waals surface area (Å²) in [6.45, 7) is 3.91. The lowest BCUT2D eigenvalue weighted by atomic mass is 10.1. The van der Waals surface area contributed by atoms with Crippen molar-refractivity contribution in [1.82, 2.24) is 5.43 Å². The second-order valence-electron chi connectivity index (χ2n) is 5.68. The molecule has 0 saturated heterocycles. The molecule has 2 rings (SSSR count). The number of carbonyl (C=O) groups is 2. The summed E-state index contributed by atoms with van der Waals surface area (Å²) in [6, 6.07) is 12.2. The van der Waals surface area contributed by atoms with Crippen LogP contribution in [0.4, 0.5) is 5.69 Å². The molecule has 0 aliphatic rings. The Balaban J connectivity index is 1.77. The molecule has 0 fully saturated rings. The number of carbonyl (C=O) groups excluding carboxylic acids is 2. The SMILES string of the molecule is Cc1cccc(NC(=O)CCC(=O)NN=Cc2cccc(O)c2)c1C. The normalized spacial score (nSPS) is 10.6. The van der Waals surface area contributed by atoms with Crippen molar-refractivity contribution in [3.8, 4) is 5.75 Å².